The number of carboxylic acid groups (broad SMARTS) is 1. The molecule has 6 rings (SSSR count). The van der Waals surface area contributed by atoms with E-state index in [1.54, 1.807) is 30.3 Å². The molecule has 0 bridgehead atoms. The normalized spacial score (nSPS) is 12.0. The van der Waals surface area contributed by atoms with Gasteiger partial charge in [-0.2, -0.15) is 8.42 Å². The maximum atomic E-state index is 13.3. The van der Waals surface area contributed by atoms with Gasteiger partial charge in [-0.05, 0) is 43.7 Å². The smallest absolute Gasteiger partial charge is 0.336 e. The number of aromatic carboxylic acids is 1. The third-order valence-corrected chi connectivity index (χ3v) is 8.73. The van der Waals surface area contributed by atoms with Gasteiger partial charge in [0.2, 0.25) is 5.43 Å². The molecule has 1 aliphatic carbocycles. The molecule has 232 valence electrons. The molecule has 3 N–H and O–H groups in total. The minimum absolute atomic E-state index is 0.0498. The fraction of sp³-hybridized carbons (Fsp3) is 0.118. The molecule has 0 radical (unpaired) electrons. The molecule has 0 saturated carbocycles. The minimum Gasteiger partial charge on any atom is -0.506 e. The van der Waals surface area contributed by atoms with Crippen LogP contribution in [0.5, 0.6) is 5.75 Å². The number of nitrogens with zero attached hydrogens (tertiary/aromatic N) is 3. The molecule has 2 aliphatic rings. The van der Waals surface area contributed by atoms with Gasteiger partial charge in [0, 0.05) is 64.3 Å². The Morgan fingerprint density at radius 1 is 0.848 bits per heavy atom. The highest BCUT2D eigenvalue weighted by Crippen LogP contribution is 2.44. The number of hydrogen-bond donors (Lipinski definition) is 3. The van der Waals surface area contributed by atoms with Crippen molar-refractivity contribution in [2.75, 3.05) is 18.0 Å². The van der Waals surface area contributed by atoms with Crippen molar-refractivity contribution in [2.45, 2.75) is 18.7 Å². The largest absolute Gasteiger partial charge is 0.506 e. The number of anilines is 1. The number of benzene rings is 5. The highest BCUT2D eigenvalue weighted by Gasteiger charge is 2.24. The van der Waals surface area contributed by atoms with E-state index >= 15 is 0 Å². The number of phenolic OH excluding ortho intramolecular Hbond substituents is 1. The molecule has 11 nitrogen and oxygen atoms in total. The Balaban J connectivity index is 1.61. The summed E-state index contributed by atoms with van der Waals surface area (Å²) in [6.45, 7) is 5.58. The van der Waals surface area contributed by atoms with Crippen molar-refractivity contribution in [1.82, 2.24) is 0 Å². The SMILES string of the molecule is CCN(CC)c1ccc2c(-c3ccccc3C(=O)O)c3cc(N=Nc4c(O)cc(S(=O)(=O)O)c5ccccc45)c(=O)cc-3oc2c1. The van der Waals surface area contributed by atoms with Crippen molar-refractivity contribution in [2.24, 2.45) is 10.2 Å². The summed E-state index contributed by atoms with van der Waals surface area (Å²) in [7, 11) is -4.67. The average Bonchev–Trinajstić information content (AvgIpc) is 3.03. The second-order valence-corrected chi connectivity index (χ2v) is 11.8. The van der Waals surface area contributed by atoms with E-state index in [1.807, 2.05) is 32.0 Å². The van der Waals surface area contributed by atoms with Crippen LogP contribution >= 0.6 is 0 Å². The van der Waals surface area contributed by atoms with Crippen LogP contribution in [0.15, 0.2) is 109 Å². The van der Waals surface area contributed by atoms with Gasteiger partial charge < -0.3 is 19.5 Å². The van der Waals surface area contributed by atoms with Crippen molar-refractivity contribution in [3.8, 4) is 28.2 Å². The molecule has 0 unspecified atom stereocenters. The first kappa shape index (κ1) is 30.4. The Morgan fingerprint density at radius 2 is 1.54 bits per heavy atom. The fourth-order valence-electron chi connectivity index (χ4n) is 5.67. The lowest BCUT2D eigenvalue weighted by Gasteiger charge is -2.22. The summed E-state index contributed by atoms with van der Waals surface area (Å²) in [5.41, 5.74) is 1.91. The topological polar surface area (TPSA) is 170 Å². The summed E-state index contributed by atoms with van der Waals surface area (Å²) in [6.07, 6.45) is 0. The Kier molecular flexibility index (Phi) is 7.76. The summed E-state index contributed by atoms with van der Waals surface area (Å²) >= 11 is 0. The van der Waals surface area contributed by atoms with E-state index in [0.717, 1.165) is 24.8 Å². The molecular formula is C34H27N3O8S. The molecule has 0 aromatic heterocycles. The first-order valence-corrected chi connectivity index (χ1v) is 15.7. The van der Waals surface area contributed by atoms with Gasteiger partial charge in [0.15, 0.2) is 0 Å². The molecule has 1 heterocycles. The van der Waals surface area contributed by atoms with E-state index in [0.29, 0.717) is 27.7 Å². The summed E-state index contributed by atoms with van der Waals surface area (Å²) < 4.78 is 39.8. The van der Waals surface area contributed by atoms with Crippen molar-refractivity contribution in [3.63, 3.8) is 0 Å². The van der Waals surface area contributed by atoms with Gasteiger partial charge in [-0.3, -0.25) is 9.35 Å². The number of phenols is 1. The van der Waals surface area contributed by atoms with Gasteiger partial charge in [0.05, 0.1) is 5.56 Å². The molecule has 12 heteroatoms. The quantitative estimate of drug-likeness (QED) is 0.0862. The Labute approximate surface area is 262 Å². The maximum absolute atomic E-state index is 13.3. The molecular weight excluding hydrogens is 610 g/mol. The number of carboxylic acids is 1. The maximum Gasteiger partial charge on any atom is 0.336 e. The first-order valence-electron chi connectivity index (χ1n) is 14.3. The van der Waals surface area contributed by atoms with E-state index in [2.05, 4.69) is 15.1 Å². The zero-order valence-electron chi connectivity index (χ0n) is 24.6. The van der Waals surface area contributed by atoms with Crippen LogP contribution in [-0.2, 0) is 10.1 Å². The van der Waals surface area contributed by atoms with E-state index in [4.69, 9.17) is 4.42 Å². The summed E-state index contributed by atoms with van der Waals surface area (Å²) in [4.78, 5) is 27.3. The number of fused-ring (bicyclic) bond motifs is 3. The van der Waals surface area contributed by atoms with Gasteiger partial charge >= 0.3 is 5.97 Å². The van der Waals surface area contributed by atoms with Gasteiger partial charge in [-0.25, -0.2) is 4.79 Å². The lowest BCUT2D eigenvalue weighted by molar-refractivity contribution is 0.0697. The third kappa shape index (κ3) is 5.33. The van der Waals surface area contributed by atoms with E-state index < -0.39 is 32.2 Å². The lowest BCUT2D eigenvalue weighted by atomic mass is 9.90. The van der Waals surface area contributed by atoms with E-state index in [-0.39, 0.29) is 33.5 Å². The van der Waals surface area contributed by atoms with Gasteiger partial charge in [-0.1, -0.05) is 42.5 Å². The van der Waals surface area contributed by atoms with Crippen LogP contribution in [0.1, 0.15) is 24.2 Å². The number of hydrogen-bond acceptors (Lipinski definition) is 9. The standard InChI is InChI=1S/C34H27N3O8S/c1-3-37(4-2)19-13-14-24-29(15-19)45-30-17-27(38)26(16-25(30)32(24)21-10-6-8-12-23(21)34(40)41)35-36-33-22-11-7-5-9-20(22)31(18-28(33)39)46(42,43)44/h5-18,39H,3-4H2,1-2H3,(H,40,41)(H,42,43,44). The van der Waals surface area contributed by atoms with E-state index in [9.17, 15) is 32.8 Å². The predicted molar refractivity (Wildman–Crippen MR) is 175 cm³/mol. The second kappa shape index (κ2) is 11.7. The summed E-state index contributed by atoms with van der Waals surface area (Å²) in [5, 5.41) is 29.9. The Bertz CT molecular complexity index is 2340. The van der Waals surface area contributed by atoms with Gasteiger partial charge in [0.25, 0.3) is 10.1 Å². The third-order valence-electron chi connectivity index (χ3n) is 7.83. The second-order valence-electron chi connectivity index (χ2n) is 10.5. The molecule has 0 atom stereocenters. The van der Waals surface area contributed by atoms with Crippen LogP contribution in [0.4, 0.5) is 17.1 Å². The van der Waals surface area contributed by atoms with Crippen LogP contribution in [-0.4, -0.2) is 42.2 Å². The zero-order chi connectivity index (χ0) is 32.7. The molecule has 0 saturated heterocycles. The van der Waals surface area contributed by atoms with Gasteiger partial charge in [-0.15, -0.1) is 10.2 Å². The number of carbonyl (C=O) groups is 1. The zero-order valence-corrected chi connectivity index (χ0v) is 25.4. The molecule has 0 amide bonds. The van der Waals surface area contributed by atoms with Crippen LogP contribution in [0.3, 0.4) is 0 Å². The number of rotatable bonds is 8. The average molecular weight is 638 g/mol. The van der Waals surface area contributed by atoms with E-state index in [1.165, 1.54) is 30.3 Å². The van der Waals surface area contributed by atoms with Crippen LogP contribution in [0, 0.1) is 0 Å². The van der Waals surface area contributed by atoms with Crippen molar-refractivity contribution in [1.29, 1.82) is 0 Å². The molecule has 1 aliphatic heterocycles. The molecule has 46 heavy (non-hydrogen) atoms. The Hall–Kier alpha value is -5.59. The summed E-state index contributed by atoms with van der Waals surface area (Å²) in [6, 6.07) is 21.8. The Morgan fingerprint density at radius 3 is 2.24 bits per heavy atom. The monoisotopic (exact) mass is 637 g/mol. The minimum atomic E-state index is -4.67. The van der Waals surface area contributed by atoms with Crippen molar-refractivity contribution >= 4 is 54.9 Å². The van der Waals surface area contributed by atoms with Crippen molar-refractivity contribution in [3.05, 3.63) is 101 Å². The van der Waals surface area contributed by atoms with Crippen LogP contribution in [0.2, 0.25) is 0 Å². The molecule has 4 aromatic rings. The fourth-order valence-corrected chi connectivity index (χ4v) is 6.39. The van der Waals surface area contributed by atoms with Gasteiger partial charge in [0.1, 0.15) is 33.4 Å². The number of azo groups is 1. The van der Waals surface area contributed by atoms with Crippen molar-refractivity contribution < 1.29 is 32.4 Å². The number of aromatic hydroxyl groups is 1. The van der Waals surface area contributed by atoms with Crippen LogP contribution in [0.25, 0.3) is 44.2 Å². The molecule has 0 fully saturated rings. The predicted octanol–water partition coefficient (Wildman–Crippen LogP) is 7.63. The highest BCUT2D eigenvalue weighted by atomic mass is 32.2. The first-order chi connectivity index (χ1) is 22.0. The lowest BCUT2D eigenvalue weighted by Crippen LogP contribution is -2.21. The molecule has 4 aromatic carbocycles. The van der Waals surface area contributed by atoms with Crippen LogP contribution < -0.4 is 10.3 Å². The highest BCUT2D eigenvalue weighted by molar-refractivity contribution is 7.86. The molecule has 0 spiro atoms. The summed E-state index contributed by atoms with van der Waals surface area (Å²) in [5.74, 6) is -1.51.